The van der Waals surface area contributed by atoms with Crippen LogP contribution in [0.4, 0.5) is 11.4 Å². The van der Waals surface area contributed by atoms with Crippen molar-refractivity contribution >= 4 is 54.8 Å². The quantitative estimate of drug-likeness (QED) is 0.548. The highest BCUT2D eigenvalue weighted by Crippen LogP contribution is 2.26. The highest BCUT2D eigenvalue weighted by atomic mass is 79.9. The molecule has 0 atom stereocenters. The lowest BCUT2D eigenvalue weighted by Crippen LogP contribution is -2.26. The third kappa shape index (κ3) is 4.38. The molecular formula is C20H16BrClN2O3S. The van der Waals surface area contributed by atoms with Crippen LogP contribution < -0.4 is 9.62 Å². The number of halogens is 2. The zero-order valence-corrected chi connectivity index (χ0v) is 17.9. The molecule has 3 rings (SSSR count). The van der Waals surface area contributed by atoms with Crippen LogP contribution in [-0.4, -0.2) is 21.4 Å². The molecular weight excluding hydrogens is 464 g/mol. The first kappa shape index (κ1) is 20.4. The van der Waals surface area contributed by atoms with Crippen molar-refractivity contribution < 1.29 is 13.2 Å². The molecule has 0 spiro atoms. The fraction of sp³-hybridized carbons (Fsp3) is 0.0500. The summed E-state index contributed by atoms with van der Waals surface area (Å²) in [5, 5.41) is 3.10. The number of hydrogen-bond donors (Lipinski definition) is 1. The van der Waals surface area contributed by atoms with Crippen LogP contribution in [0, 0.1) is 0 Å². The lowest BCUT2D eigenvalue weighted by molar-refractivity contribution is 0.102. The molecule has 0 radical (unpaired) electrons. The summed E-state index contributed by atoms with van der Waals surface area (Å²) in [6, 6.07) is 19.6. The number of para-hydroxylation sites is 1. The number of benzene rings is 3. The van der Waals surface area contributed by atoms with Crippen molar-refractivity contribution in [2.75, 3.05) is 16.7 Å². The van der Waals surface area contributed by atoms with E-state index >= 15 is 0 Å². The van der Waals surface area contributed by atoms with E-state index < -0.39 is 10.0 Å². The molecule has 0 saturated heterocycles. The number of carbonyl (C=O) groups is 1. The van der Waals surface area contributed by atoms with Gasteiger partial charge in [0, 0.05) is 17.1 Å². The molecule has 8 heteroatoms. The van der Waals surface area contributed by atoms with Crippen LogP contribution in [-0.2, 0) is 10.0 Å². The average Bonchev–Trinajstić information content (AvgIpc) is 2.70. The van der Waals surface area contributed by atoms with Crippen LogP contribution in [0.1, 0.15) is 10.4 Å². The van der Waals surface area contributed by atoms with Crippen molar-refractivity contribution in [3.63, 3.8) is 0 Å². The van der Waals surface area contributed by atoms with E-state index in [9.17, 15) is 13.2 Å². The number of amides is 1. The molecule has 0 bridgehead atoms. The van der Waals surface area contributed by atoms with E-state index in [1.807, 2.05) is 6.07 Å². The van der Waals surface area contributed by atoms with Gasteiger partial charge in [0.25, 0.3) is 15.9 Å². The van der Waals surface area contributed by atoms with Gasteiger partial charge in [-0.3, -0.25) is 9.10 Å². The fourth-order valence-electron chi connectivity index (χ4n) is 2.50. The second kappa shape index (κ2) is 8.34. The highest BCUT2D eigenvalue weighted by molar-refractivity contribution is 9.10. The van der Waals surface area contributed by atoms with Crippen molar-refractivity contribution in [3.8, 4) is 0 Å². The molecule has 0 aliphatic heterocycles. The van der Waals surface area contributed by atoms with Gasteiger partial charge >= 0.3 is 0 Å². The Morgan fingerprint density at radius 1 is 1.00 bits per heavy atom. The van der Waals surface area contributed by atoms with Gasteiger partial charge < -0.3 is 5.32 Å². The topological polar surface area (TPSA) is 66.5 Å². The summed E-state index contributed by atoms with van der Waals surface area (Å²) >= 11 is 9.41. The number of sulfonamides is 1. The van der Waals surface area contributed by atoms with E-state index in [1.54, 1.807) is 42.5 Å². The zero-order chi connectivity index (χ0) is 20.3. The molecule has 0 heterocycles. The normalized spacial score (nSPS) is 11.1. The molecule has 0 aromatic heterocycles. The second-order valence-corrected chi connectivity index (χ2v) is 9.20. The maximum atomic E-state index is 12.8. The SMILES string of the molecule is CN(c1ccccc1)S(=O)(=O)c1ccc(C(=O)Nc2ccc(Br)cc2Cl)cc1. The molecule has 1 N–H and O–H groups in total. The van der Waals surface area contributed by atoms with Gasteiger partial charge in [-0.15, -0.1) is 0 Å². The van der Waals surface area contributed by atoms with Gasteiger partial charge in [-0.2, -0.15) is 0 Å². The first-order valence-corrected chi connectivity index (χ1v) is 10.8. The van der Waals surface area contributed by atoms with Crippen LogP contribution >= 0.6 is 27.5 Å². The predicted octanol–water partition coefficient (Wildman–Crippen LogP) is 5.18. The number of carbonyl (C=O) groups excluding carboxylic acids is 1. The average molecular weight is 480 g/mol. The first-order valence-electron chi connectivity index (χ1n) is 8.19. The zero-order valence-electron chi connectivity index (χ0n) is 14.8. The Balaban J connectivity index is 1.80. The molecule has 0 unspecified atom stereocenters. The molecule has 0 fully saturated rings. The van der Waals surface area contributed by atoms with Crippen LogP contribution in [0.15, 0.2) is 82.2 Å². The molecule has 3 aromatic rings. The third-order valence-corrected chi connectivity index (χ3v) is 6.68. The number of nitrogens with zero attached hydrogens (tertiary/aromatic N) is 1. The standard InChI is InChI=1S/C20H16BrClN2O3S/c1-24(16-5-3-2-4-6-16)28(26,27)17-10-7-14(8-11-17)20(25)23-19-12-9-15(21)13-18(19)22/h2-13H,1H3,(H,23,25). The van der Waals surface area contributed by atoms with E-state index in [2.05, 4.69) is 21.2 Å². The van der Waals surface area contributed by atoms with E-state index in [0.29, 0.717) is 22.0 Å². The number of rotatable bonds is 5. The second-order valence-electron chi connectivity index (χ2n) is 5.91. The van der Waals surface area contributed by atoms with Gasteiger partial charge in [0.1, 0.15) is 0 Å². The summed E-state index contributed by atoms with van der Waals surface area (Å²) in [6.07, 6.45) is 0. The molecule has 3 aromatic carbocycles. The minimum Gasteiger partial charge on any atom is -0.321 e. The van der Waals surface area contributed by atoms with Crippen LogP contribution in [0.5, 0.6) is 0 Å². The van der Waals surface area contributed by atoms with Crippen LogP contribution in [0.3, 0.4) is 0 Å². The Labute approximate surface area is 177 Å². The van der Waals surface area contributed by atoms with Crippen molar-refractivity contribution in [1.82, 2.24) is 0 Å². The Morgan fingerprint density at radius 2 is 1.64 bits per heavy atom. The summed E-state index contributed by atoms with van der Waals surface area (Å²) in [4.78, 5) is 12.5. The van der Waals surface area contributed by atoms with E-state index in [4.69, 9.17) is 11.6 Å². The van der Waals surface area contributed by atoms with Gasteiger partial charge in [-0.25, -0.2) is 8.42 Å². The van der Waals surface area contributed by atoms with Crippen molar-refractivity contribution in [2.24, 2.45) is 0 Å². The van der Waals surface area contributed by atoms with Crippen LogP contribution in [0.25, 0.3) is 0 Å². The number of nitrogens with one attached hydrogen (secondary N) is 1. The van der Waals surface area contributed by atoms with E-state index in [-0.39, 0.29) is 10.8 Å². The molecule has 144 valence electrons. The lowest BCUT2D eigenvalue weighted by Gasteiger charge is -2.19. The monoisotopic (exact) mass is 478 g/mol. The Morgan fingerprint density at radius 3 is 2.25 bits per heavy atom. The minimum absolute atomic E-state index is 0.0945. The smallest absolute Gasteiger partial charge is 0.264 e. The maximum absolute atomic E-state index is 12.8. The van der Waals surface area contributed by atoms with Crippen molar-refractivity contribution in [3.05, 3.63) is 87.9 Å². The molecule has 0 saturated carbocycles. The van der Waals surface area contributed by atoms with Crippen molar-refractivity contribution in [2.45, 2.75) is 4.90 Å². The summed E-state index contributed by atoms with van der Waals surface area (Å²) in [7, 11) is -2.24. The fourth-order valence-corrected chi connectivity index (χ4v) is 4.41. The van der Waals surface area contributed by atoms with Crippen molar-refractivity contribution in [1.29, 1.82) is 0 Å². The summed E-state index contributed by atoms with van der Waals surface area (Å²) in [6.45, 7) is 0. The van der Waals surface area contributed by atoms with E-state index in [0.717, 1.165) is 4.47 Å². The molecule has 0 aliphatic carbocycles. The van der Waals surface area contributed by atoms with Gasteiger partial charge in [0.05, 0.1) is 21.3 Å². The van der Waals surface area contributed by atoms with Gasteiger partial charge in [0.15, 0.2) is 0 Å². The molecule has 5 nitrogen and oxygen atoms in total. The summed E-state index contributed by atoms with van der Waals surface area (Å²) in [5.74, 6) is -0.385. The third-order valence-electron chi connectivity index (χ3n) is 4.07. The summed E-state index contributed by atoms with van der Waals surface area (Å²) in [5.41, 5.74) is 1.34. The highest BCUT2D eigenvalue weighted by Gasteiger charge is 2.21. The number of hydrogen-bond acceptors (Lipinski definition) is 3. The molecule has 1 amide bonds. The molecule has 28 heavy (non-hydrogen) atoms. The Kier molecular flexibility index (Phi) is 6.07. The predicted molar refractivity (Wildman–Crippen MR) is 116 cm³/mol. The van der Waals surface area contributed by atoms with Gasteiger partial charge in [0.2, 0.25) is 0 Å². The lowest BCUT2D eigenvalue weighted by atomic mass is 10.2. The first-order chi connectivity index (χ1) is 13.3. The Hall–Kier alpha value is -2.35. The van der Waals surface area contributed by atoms with Gasteiger partial charge in [-0.1, -0.05) is 45.7 Å². The maximum Gasteiger partial charge on any atom is 0.264 e. The number of anilines is 2. The van der Waals surface area contributed by atoms with E-state index in [1.165, 1.54) is 35.6 Å². The van der Waals surface area contributed by atoms with Crippen LogP contribution in [0.2, 0.25) is 5.02 Å². The van der Waals surface area contributed by atoms with Gasteiger partial charge in [-0.05, 0) is 54.6 Å². The largest absolute Gasteiger partial charge is 0.321 e. The molecule has 0 aliphatic rings. The summed E-state index contributed by atoms with van der Waals surface area (Å²) < 4.78 is 27.6. The Bertz CT molecular complexity index is 1100. The minimum atomic E-state index is -3.73.